The zero-order valence-corrected chi connectivity index (χ0v) is 15.1. The fraction of sp³-hybridized carbons (Fsp3) is 0.789. The van der Waals surface area contributed by atoms with E-state index in [0.29, 0.717) is 38.4 Å². The second-order valence-electron chi connectivity index (χ2n) is 7.77. The van der Waals surface area contributed by atoms with E-state index < -0.39 is 17.5 Å². The van der Waals surface area contributed by atoms with Crippen LogP contribution in [0.5, 0.6) is 0 Å². The summed E-state index contributed by atoms with van der Waals surface area (Å²) in [6.45, 7) is 3.57. The van der Waals surface area contributed by atoms with E-state index in [-0.39, 0.29) is 0 Å². The molecule has 1 aliphatic carbocycles. The highest BCUT2D eigenvalue weighted by Gasteiger charge is 2.47. The Kier molecular flexibility index (Phi) is 5.79. The van der Waals surface area contributed by atoms with Crippen molar-refractivity contribution in [3.05, 3.63) is 17.5 Å². The highest BCUT2D eigenvalue weighted by molar-refractivity contribution is 5.75. The van der Waals surface area contributed by atoms with E-state index in [1.807, 2.05) is 13.0 Å². The van der Waals surface area contributed by atoms with Gasteiger partial charge in [0.1, 0.15) is 0 Å². The standard InChI is InChI=1S/C19H30N2O4/c1-2-8-19(18(23)24)9-10-21(13-17(19)22)12-15-11-16(20-25-15)14-6-4-3-5-7-14/h11,14,17,22H,2-10,12-13H2,1H3,(H,23,24)/t17-,19+/m1/s1. The molecule has 2 N–H and O–H groups in total. The van der Waals surface area contributed by atoms with Gasteiger partial charge in [-0.25, -0.2) is 0 Å². The average molecular weight is 350 g/mol. The first-order valence-corrected chi connectivity index (χ1v) is 9.64. The quantitative estimate of drug-likeness (QED) is 0.819. The molecule has 0 spiro atoms. The van der Waals surface area contributed by atoms with Gasteiger partial charge in [0.25, 0.3) is 0 Å². The van der Waals surface area contributed by atoms with Gasteiger partial charge in [-0.2, -0.15) is 0 Å². The lowest BCUT2D eigenvalue weighted by Gasteiger charge is -2.42. The minimum Gasteiger partial charge on any atom is -0.481 e. The molecule has 1 saturated carbocycles. The van der Waals surface area contributed by atoms with Crippen LogP contribution in [0.15, 0.2) is 10.6 Å². The molecule has 0 radical (unpaired) electrons. The molecular formula is C19H30N2O4. The Labute approximate surface area is 149 Å². The van der Waals surface area contributed by atoms with E-state index in [1.165, 1.54) is 32.1 Å². The number of aliphatic hydroxyl groups is 1. The third-order valence-corrected chi connectivity index (χ3v) is 6.05. The predicted octanol–water partition coefficient (Wildman–Crippen LogP) is 3.16. The number of carbonyl (C=O) groups is 1. The number of hydrogen-bond donors (Lipinski definition) is 2. The van der Waals surface area contributed by atoms with E-state index in [0.717, 1.165) is 17.9 Å². The number of aliphatic hydroxyl groups excluding tert-OH is 1. The van der Waals surface area contributed by atoms with Crippen molar-refractivity contribution in [1.29, 1.82) is 0 Å². The van der Waals surface area contributed by atoms with Crippen molar-refractivity contribution in [3.63, 3.8) is 0 Å². The van der Waals surface area contributed by atoms with Crippen LogP contribution in [-0.2, 0) is 11.3 Å². The predicted molar refractivity (Wildman–Crippen MR) is 93.2 cm³/mol. The molecular weight excluding hydrogens is 320 g/mol. The first kappa shape index (κ1) is 18.4. The maximum atomic E-state index is 11.7. The second kappa shape index (κ2) is 7.87. The molecule has 0 amide bonds. The minimum absolute atomic E-state index is 0.367. The van der Waals surface area contributed by atoms with Crippen molar-refractivity contribution in [3.8, 4) is 0 Å². The number of hydrogen-bond acceptors (Lipinski definition) is 5. The molecule has 2 aliphatic rings. The van der Waals surface area contributed by atoms with E-state index >= 15 is 0 Å². The Balaban J connectivity index is 1.60. The molecule has 1 aliphatic heterocycles. The van der Waals surface area contributed by atoms with Crippen molar-refractivity contribution in [2.75, 3.05) is 13.1 Å². The van der Waals surface area contributed by atoms with Crippen molar-refractivity contribution < 1.29 is 19.5 Å². The van der Waals surface area contributed by atoms with Crippen LogP contribution in [0.2, 0.25) is 0 Å². The molecule has 140 valence electrons. The number of piperidine rings is 1. The van der Waals surface area contributed by atoms with Crippen LogP contribution in [0.1, 0.15) is 75.7 Å². The van der Waals surface area contributed by atoms with Gasteiger partial charge in [0, 0.05) is 18.5 Å². The molecule has 1 aromatic rings. The molecule has 0 unspecified atom stereocenters. The van der Waals surface area contributed by atoms with Crippen LogP contribution in [0.25, 0.3) is 0 Å². The lowest BCUT2D eigenvalue weighted by atomic mass is 9.73. The highest BCUT2D eigenvalue weighted by Crippen LogP contribution is 2.37. The molecule has 6 nitrogen and oxygen atoms in total. The average Bonchev–Trinajstić information content (AvgIpc) is 3.06. The fourth-order valence-electron chi connectivity index (χ4n) is 4.49. The molecule has 2 heterocycles. The molecule has 0 aromatic carbocycles. The van der Waals surface area contributed by atoms with Crippen LogP contribution in [0.3, 0.4) is 0 Å². The number of rotatable bonds is 6. The monoisotopic (exact) mass is 350 g/mol. The topological polar surface area (TPSA) is 86.8 Å². The van der Waals surface area contributed by atoms with Gasteiger partial charge < -0.3 is 14.7 Å². The van der Waals surface area contributed by atoms with Gasteiger partial charge in [-0.05, 0) is 32.2 Å². The lowest BCUT2D eigenvalue weighted by molar-refractivity contribution is -0.164. The lowest BCUT2D eigenvalue weighted by Crippen LogP contribution is -2.54. The van der Waals surface area contributed by atoms with Gasteiger partial charge in [0.2, 0.25) is 0 Å². The Morgan fingerprint density at radius 2 is 2.16 bits per heavy atom. The number of aliphatic carboxylic acids is 1. The largest absolute Gasteiger partial charge is 0.481 e. The van der Waals surface area contributed by atoms with E-state index in [4.69, 9.17) is 4.52 Å². The van der Waals surface area contributed by atoms with E-state index in [9.17, 15) is 15.0 Å². The first-order chi connectivity index (χ1) is 12.0. The van der Waals surface area contributed by atoms with Gasteiger partial charge in [-0.1, -0.05) is 37.8 Å². The van der Waals surface area contributed by atoms with Crippen LogP contribution >= 0.6 is 0 Å². The van der Waals surface area contributed by atoms with Crippen molar-refractivity contribution in [1.82, 2.24) is 10.1 Å². The van der Waals surface area contributed by atoms with Crippen LogP contribution < -0.4 is 0 Å². The smallest absolute Gasteiger partial charge is 0.312 e. The number of carboxylic acids is 1. The van der Waals surface area contributed by atoms with Crippen LogP contribution in [0, 0.1) is 5.41 Å². The van der Waals surface area contributed by atoms with Gasteiger partial charge in [-0.15, -0.1) is 0 Å². The molecule has 1 aromatic heterocycles. The van der Waals surface area contributed by atoms with Gasteiger partial charge in [0.15, 0.2) is 5.76 Å². The van der Waals surface area contributed by atoms with Gasteiger partial charge >= 0.3 is 5.97 Å². The highest BCUT2D eigenvalue weighted by atomic mass is 16.5. The molecule has 25 heavy (non-hydrogen) atoms. The Morgan fingerprint density at radius 1 is 1.40 bits per heavy atom. The summed E-state index contributed by atoms with van der Waals surface area (Å²) in [5.41, 5.74) is 0.0537. The third kappa shape index (κ3) is 3.90. The summed E-state index contributed by atoms with van der Waals surface area (Å²) < 4.78 is 5.51. The first-order valence-electron chi connectivity index (χ1n) is 9.64. The van der Waals surface area contributed by atoms with Crippen molar-refractivity contribution in [2.24, 2.45) is 5.41 Å². The molecule has 2 fully saturated rings. The fourth-order valence-corrected chi connectivity index (χ4v) is 4.49. The Hall–Kier alpha value is -1.40. The maximum absolute atomic E-state index is 11.7. The Morgan fingerprint density at radius 3 is 2.80 bits per heavy atom. The summed E-state index contributed by atoms with van der Waals surface area (Å²) in [6.07, 6.45) is 7.12. The van der Waals surface area contributed by atoms with E-state index in [2.05, 4.69) is 10.1 Å². The summed E-state index contributed by atoms with van der Waals surface area (Å²) >= 11 is 0. The van der Waals surface area contributed by atoms with Crippen molar-refractivity contribution in [2.45, 2.75) is 76.9 Å². The summed E-state index contributed by atoms with van der Waals surface area (Å²) in [4.78, 5) is 13.8. The summed E-state index contributed by atoms with van der Waals surface area (Å²) in [6, 6.07) is 2.05. The number of likely N-dealkylation sites (tertiary alicyclic amines) is 1. The van der Waals surface area contributed by atoms with Gasteiger partial charge in [0.05, 0.1) is 23.8 Å². The molecule has 6 heteroatoms. The number of nitrogens with zero attached hydrogens (tertiary/aromatic N) is 2. The molecule has 0 bridgehead atoms. The summed E-state index contributed by atoms with van der Waals surface area (Å²) in [5, 5.41) is 24.4. The number of β-amino-alcohol motifs (C(OH)–C–C–N with tert-alkyl or cyclic N) is 1. The zero-order valence-electron chi connectivity index (χ0n) is 15.1. The minimum atomic E-state index is -1.00. The number of carboxylic acid groups (broad SMARTS) is 1. The number of aromatic nitrogens is 1. The maximum Gasteiger partial charge on any atom is 0.312 e. The second-order valence-corrected chi connectivity index (χ2v) is 7.77. The van der Waals surface area contributed by atoms with Crippen molar-refractivity contribution >= 4 is 5.97 Å². The SMILES string of the molecule is CCC[C@]1(C(=O)O)CCN(Cc2cc(C3CCCCC3)no2)C[C@H]1O. The van der Waals surface area contributed by atoms with Gasteiger partial charge in [-0.3, -0.25) is 9.69 Å². The summed E-state index contributed by atoms with van der Waals surface area (Å²) in [7, 11) is 0. The Bertz CT molecular complexity index is 582. The van der Waals surface area contributed by atoms with Crippen LogP contribution in [-0.4, -0.2) is 45.4 Å². The zero-order chi connectivity index (χ0) is 17.9. The summed E-state index contributed by atoms with van der Waals surface area (Å²) in [5.74, 6) is 0.453. The molecule has 2 atom stereocenters. The molecule has 3 rings (SSSR count). The van der Waals surface area contributed by atoms with Crippen LogP contribution in [0.4, 0.5) is 0 Å². The normalized spacial score (nSPS) is 29.0. The molecule has 1 saturated heterocycles. The third-order valence-electron chi connectivity index (χ3n) is 6.05. The van der Waals surface area contributed by atoms with E-state index in [1.54, 1.807) is 0 Å².